The Hall–Kier alpha value is -1.87. The van der Waals surface area contributed by atoms with Crippen molar-refractivity contribution in [1.82, 2.24) is 10.6 Å². The minimum absolute atomic E-state index is 0. The average Bonchev–Trinajstić information content (AvgIpc) is 2.66. The van der Waals surface area contributed by atoms with Crippen molar-refractivity contribution < 1.29 is 14.2 Å². The van der Waals surface area contributed by atoms with E-state index in [0.29, 0.717) is 19.0 Å². The lowest BCUT2D eigenvalue weighted by Gasteiger charge is -2.14. The molecule has 0 amide bonds. The molecule has 2 rings (SSSR count). The van der Waals surface area contributed by atoms with E-state index in [1.165, 1.54) is 11.6 Å². The highest BCUT2D eigenvalue weighted by atomic mass is 127. The monoisotopic (exact) mass is 487 g/mol. The molecule has 0 fully saturated rings. The number of aliphatic imine (C=N–C) groups is 1. The number of aliphatic hydroxyl groups excluding tert-OH is 1. The maximum absolute atomic E-state index is 13.7. The molecular formula is C20H27FIN3O2. The molecule has 5 nitrogen and oxygen atoms in total. The quantitative estimate of drug-likeness (QED) is 0.304. The van der Waals surface area contributed by atoms with Crippen LogP contribution in [0.25, 0.3) is 0 Å². The minimum atomic E-state index is -0.978. The van der Waals surface area contributed by atoms with Crippen LogP contribution in [0.1, 0.15) is 24.2 Å². The lowest BCUT2D eigenvalue weighted by molar-refractivity contribution is 0.182. The third-order valence-corrected chi connectivity index (χ3v) is 3.90. The van der Waals surface area contributed by atoms with E-state index in [2.05, 4.69) is 15.6 Å². The molecule has 148 valence electrons. The molecule has 0 aliphatic rings. The van der Waals surface area contributed by atoms with Crippen LogP contribution in [0.5, 0.6) is 5.75 Å². The second-order valence-corrected chi connectivity index (χ2v) is 5.78. The Labute approximate surface area is 177 Å². The number of rotatable bonds is 8. The van der Waals surface area contributed by atoms with Crippen LogP contribution in [-0.4, -0.2) is 37.8 Å². The third-order valence-electron chi connectivity index (χ3n) is 3.90. The molecule has 0 spiro atoms. The summed E-state index contributed by atoms with van der Waals surface area (Å²) >= 11 is 0. The Kier molecular flexibility index (Phi) is 10.7. The van der Waals surface area contributed by atoms with Crippen molar-refractivity contribution >= 4 is 29.9 Å². The van der Waals surface area contributed by atoms with E-state index in [0.717, 1.165) is 12.2 Å². The summed E-state index contributed by atoms with van der Waals surface area (Å²) in [6.07, 6.45) is -0.155. The van der Waals surface area contributed by atoms with Crippen molar-refractivity contribution in [2.45, 2.75) is 19.4 Å². The van der Waals surface area contributed by atoms with Crippen molar-refractivity contribution in [3.63, 3.8) is 0 Å². The molecule has 7 heteroatoms. The molecule has 0 heterocycles. The molecule has 2 aromatic rings. The average molecular weight is 487 g/mol. The summed E-state index contributed by atoms with van der Waals surface area (Å²) in [6.45, 7) is 3.44. The number of ether oxygens (including phenoxy) is 1. The highest BCUT2D eigenvalue weighted by Gasteiger charge is 2.11. The van der Waals surface area contributed by atoms with Gasteiger partial charge in [-0.2, -0.15) is 0 Å². The third kappa shape index (κ3) is 7.72. The zero-order valence-electron chi connectivity index (χ0n) is 15.6. The van der Waals surface area contributed by atoms with Crippen LogP contribution >= 0.6 is 24.0 Å². The SMILES string of the molecule is CCNC(=NCC(O)c1ccccc1F)NCCc1ccc(OC)cc1.I. The second kappa shape index (κ2) is 12.5. The number of methoxy groups -OCH3 is 1. The van der Waals surface area contributed by atoms with Crippen LogP contribution in [0.15, 0.2) is 53.5 Å². The molecule has 0 aliphatic heterocycles. The molecule has 1 atom stereocenters. The van der Waals surface area contributed by atoms with Gasteiger partial charge in [-0.3, -0.25) is 4.99 Å². The molecule has 1 unspecified atom stereocenters. The molecule has 0 bridgehead atoms. The molecular weight excluding hydrogens is 460 g/mol. The first-order valence-electron chi connectivity index (χ1n) is 8.71. The molecule has 0 saturated heterocycles. The smallest absolute Gasteiger partial charge is 0.191 e. The van der Waals surface area contributed by atoms with E-state index >= 15 is 0 Å². The van der Waals surface area contributed by atoms with Crippen LogP contribution in [0.4, 0.5) is 4.39 Å². The summed E-state index contributed by atoms with van der Waals surface area (Å²) in [5, 5.41) is 16.5. The molecule has 0 saturated carbocycles. The van der Waals surface area contributed by atoms with Gasteiger partial charge in [0.05, 0.1) is 13.7 Å². The molecule has 0 aromatic heterocycles. The van der Waals surface area contributed by atoms with Gasteiger partial charge in [-0.1, -0.05) is 30.3 Å². The Morgan fingerprint density at radius 1 is 1.15 bits per heavy atom. The minimum Gasteiger partial charge on any atom is -0.497 e. The highest BCUT2D eigenvalue weighted by Crippen LogP contribution is 2.16. The number of nitrogens with zero attached hydrogens (tertiary/aromatic N) is 1. The summed E-state index contributed by atoms with van der Waals surface area (Å²) in [7, 11) is 1.64. The summed E-state index contributed by atoms with van der Waals surface area (Å²) < 4.78 is 18.9. The first-order chi connectivity index (χ1) is 12.6. The van der Waals surface area contributed by atoms with Crippen molar-refractivity contribution in [3.8, 4) is 5.75 Å². The second-order valence-electron chi connectivity index (χ2n) is 5.78. The first-order valence-corrected chi connectivity index (χ1v) is 8.71. The lowest BCUT2D eigenvalue weighted by atomic mass is 10.1. The number of guanidine groups is 1. The summed E-state index contributed by atoms with van der Waals surface area (Å²) in [5.74, 6) is 1.00. The first kappa shape index (κ1) is 23.2. The van der Waals surface area contributed by atoms with Gasteiger partial charge in [0.2, 0.25) is 0 Å². The van der Waals surface area contributed by atoms with Gasteiger partial charge >= 0.3 is 0 Å². The fraction of sp³-hybridized carbons (Fsp3) is 0.350. The molecule has 27 heavy (non-hydrogen) atoms. The molecule has 0 aliphatic carbocycles. The van der Waals surface area contributed by atoms with Gasteiger partial charge in [0.1, 0.15) is 17.7 Å². The molecule has 3 N–H and O–H groups in total. The van der Waals surface area contributed by atoms with Gasteiger partial charge in [-0.25, -0.2) is 4.39 Å². The van der Waals surface area contributed by atoms with Gasteiger partial charge in [-0.05, 0) is 37.1 Å². The number of hydrogen-bond donors (Lipinski definition) is 3. The predicted octanol–water partition coefficient (Wildman–Crippen LogP) is 3.28. The van der Waals surface area contributed by atoms with E-state index in [4.69, 9.17) is 4.74 Å². The Morgan fingerprint density at radius 3 is 2.48 bits per heavy atom. The van der Waals surface area contributed by atoms with Crippen molar-refractivity contribution in [3.05, 3.63) is 65.5 Å². The van der Waals surface area contributed by atoms with E-state index < -0.39 is 11.9 Å². The molecule has 0 radical (unpaired) electrons. The van der Waals surface area contributed by atoms with Crippen molar-refractivity contribution in [2.75, 3.05) is 26.7 Å². The van der Waals surface area contributed by atoms with E-state index in [9.17, 15) is 9.50 Å². The zero-order chi connectivity index (χ0) is 18.8. The number of aliphatic hydroxyl groups is 1. The maximum atomic E-state index is 13.7. The van der Waals surface area contributed by atoms with Crippen LogP contribution in [0, 0.1) is 5.82 Å². The largest absolute Gasteiger partial charge is 0.497 e. The molecule has 2 aromatic carbocycles. The maximum Gasteiger partial charge on any atom is 0.191 e. The number of nitrogens with one attached hydrogen (secondary N) is 2. The predicted molar refractivity (Wildman–Crippen MR) is 117 cm³/mol. The fourth-order valence-electron chi connectivity index (χ4n) is 2.48. The summed E-state index contributed by atoms with van der Waals surface area (Å²) in [6, 6.07) is 14.1. The van der Waals surface area contributed by atoms with Crippen molar-refractivity contribution in [2.24, 2.45) is 4.99 Å². The van der Waals surface area contributed by atoms with Gasteiger partial charge in [0.25, 0.3) is 0 Å². The van der Waals surface area contributed by atoms with E-state index in [1.54, 1.807) is 25.3 Å². The van der Waals surface area contributed by atoms with Gasteiger partial charge < -0.3 is 20.5 Å². The number of hydrogen-bond acceptors (Lipinski definition) is 3. The zero-order valence-corrected chi connectivity index (χ0v) is 17.9. The van der Waals surface area contributed by atoms with Crippen LogP contribution in [-0.2, 0) is 6.42 Å². The lowest BCUT2D eigenvalue weighted by Crippen LogP contribution is -2.38. The Bertz CT molecular complexity index is 711. The van der Waals surface area contributed by atoms with Crippen LogP contribution < -0.4 is 15.4 Å². The summed E-state index contributed by atoms with van der Waals surface area (Å²) in [5.41, 5.74) is 1.44. The van der Waals surface area contributed by atoms with Crippen molar-refractivity contribution in [1.29, 1.82) is 0 Å². The van der Waals surface area contributed by atoms with Crippen LogP contribution in [0.3, 0.4) is 0 Å². The van der Waals surface area contributed by atoms with Gasteiger partial charge in [0.15, 0.2) is 5.96 Å². The summed E-state index contributed by atoms with van der Waals surface area (Å²) in [4.78, 5) is 4.35. The van der Waals surface area contributed by atoms with Gasteiger partial charge in [0, 0.05) is 18.7 Å². The van der Waals surface area contributed by atoms with E-state index in [-0.39, 0.29) is 36.1 Å². The Morgan fingerprint density at radius 2 is 1.85 bits per heavy atom. The standard InChI is InChI=1S/C20H26FN3O2.HI/c1-3-22-20(23-13-12-15-8-10-16(26-2)11-9-15)24-14-19(25)17-6-4-5-7-18(17)21;/h4-11,19,25H,3,12-14H2,1-2H3,(H2,22,23,24);1H. The van der Waals surface area contributed by atoms with Gasteiger partial charge in [-0.15, -0.1) is 24.0 Å². The number of halogens is 2. The van der Waals surface area contributed by atoms with Crippen LogP contribution in [0.2, 0.25) is 0 Å². The normalized spacial score (nSPS) is 12.1. The topological polar surface area (TPSA) is 65.9 Å². The fourth-order valence-corrected chi connectivity index (χ4v) is 2.48. The number of benzene rings is 2. The Balaban J connectivity index is 0.00000364. The van der Waals surface area contributed by atoms with E-state index in [1.807, 2.05) is 31.2 Å². The highest BCUT2D eigenvalue weighted by molar-refractivity contribution is 14.0.